The summed E-state index contributed by atoms with van der Waals surface area (Å²) in [6.45, 7) is 19.0. The van der Waals surface area contributed by atoms with Crippen molar-refractivity contribution >= 4 is 5.97 Å². The number of fused-ring (bicyclic) bond motifs is 5. The molecule has 33 heavy (non-hydrogen) atoms. The SMILES string of the molecule is CC(=O)O[C@H]1CC[C@@]2(C)[C@@H]3CC[C@@]4(C)[C@@H]([C@H](C)CC[C@@H](C)C(C)C)CC[C@H]4C3=CC[C@H]2[C@@H]1C. The average Bonchev–Trinajstić information content (AvgIpc) is 3.11. The topological polar surface area (TPSA) is 26.3 Å². The summed E-state index contributed by atoms with van der Waals surface area (Å²) in [5.74, 6) is 5.98. The molecule has 0 bridgehead atoms. The number of carbonyl (C=O) groups excluding carboxylic acids is 1. The number of carbonyl (C=O) groups is 1. The Morgan fingerprint density at radius 2 is 1.67 bits per heavy atom. The summed E-state index contributed by atoms with van der Waals surface area (Å²) in [5.41, 5.74) is 2.75. The van der Waals surface area contributed by atoms with Crippen LogP contribution in [-0.4, -0.2) is 12.1 Å². The quantitative estimate of drug-likeness (QED) is 0.296. The highest BCUT2D eigenvalue weighted by molar-refractivity contribution is 5.66. The van der Waals surface area contributed by atoms with Crippen molar-refractivity contribution in [1.29, 1.82) is 0 Å². The molecule has 0 unspecified atom stereocenters. The Morgan fingerprint density at radius 1 is 1.00 bits per heavy atom. The molecule has 4 rings (SSSR count). The molecule has 0 aromatic rings. The van der Waals surface area contributed by atoms with Gasteiger partial charge in [-0.15, -0.1) is 0 Å². The minimum atomic E-state index is -0.107. The van der Waals surface area contributed by atoms with E-state index in [4.69, 9.17) is 4.74 Å². The number of allylic oxidation sites excluding steroid dienone is 2. The first kappa shape index (κ1) is 25.3. The molecule has 0 spiro atoms. The van der Waals surface area contributed by atoms with Crippen LogP contribution < -0.4 is 0 Å². The lowest BCUT2D eigenvalue weighted by Gasteiger charge is -2.59. The van der Waals surface area contributed by atoms with Crippen LogP contribution in [0.4, 0.5) is 0 Å². The van der Waals surface area contributed by atoms with Crippen LogP contribution in [0.3, 0.4) is 0 Å². The Morgan fingerprint density at radius 3 is 2.33 bits per heavy atom. The largest absolute Gasteiger partial charge is 0.462 e. The van der Waals surface area contributed by atoms with Gasteiger partial charge in [-0.1, -0.05) is 73.0 Å². The lowest BCUT2D eigenvalue weighted by atomic mass is 9.46. The molecule has 2 nitrogen and oxygen atoms in total. The summed E-state index contributed by atoms with van der Waals surface area (Å²) in [6, 6.07) is 0. The average molecular weight is 457 g/mol. The molecule has 4 aliphatic rings. The second kappa shape index (κ2) is 9.34. The third-order valence-electron chi connectivity index (χ3n) is 11.8. The van der Waals surface area contributed by atoms with Crippen LogP contribution in [0.25, 0.3) is 0 Å². The van der Waals surface area contributed by atoms with Crippen molar-refractivity contribution in [1.82, 2.24) is 0 Å². The molecule has 0 aromatic carbocycles. The summed E-state index contributed by atoms with van der Waals surface area (Å²) >= 11 is 0. The second-order valence-corrected chi connectivity index (χ2v) is 13.7. The van der Waals surface area contributed by atoms with E-state index in [1.165, 1.54) is 51.4 Å². The zero-order valence-electron chi connectivity index (χ0n) is 23.0. The van der Waals surface area contributed by atoms with Gasteiger partial charge in [0.1, 0.15) is 6.10 Å². The molecule has 0 saturated heterocycles. The van der Waals surface area contributed by atoms with E-state index in [1.807, 2.05) is 5.57 Å². The molecule has 10 atom stereocenters. The number of hydrogen-bond donors (Lipinski definition) is 0. The highest BCUT2D eigenvalue weighted by atomic mass is 16.5. The molecular weight excluding hydrogens is 404 g/mol. The van der Waals surface area contributed by atoms with E-state index in [0.717, 1.165) is 41.9 Å². The number of esters is 1. The van der Waals surface area contributed by atoms with Crippen LogP contribution in [0.5, 0.6) is 0 Å². The minimum Gasteiger partial charge on any atom is -0.462 e. The van der Waals surface area contributed by atoms with Gasteiger partial charge in [0, 0.05) is 6.92 Å². The van der Waals surface area contributed by atoms with Gasteiger partial charge >= 0.3 is 5.97 Å². The first-order valence-corrected chi connectivity index (χ1v) is 14.4. The molecule has 2 heteroatoms. The highest BCUT2D eigenvalue weighted by Crippen LogP contribution is 2.67. The summed E-state index contributed by atoms with van der Waals surface area (Å²) in [5, 5.41) is 0. The predicted molar refractivity (Wildman–Crippen MR) is 138 cm³/mol. The molecular formula is C31H52O2. The maximum Gasteiger partial charge on any atom is 0.302 e. The van der Waals surface area contributed by atoms with Gasteiger partial charge in [-0.05, 0) is 103 Å². The van der Waals surface area contributed by atoms with Gasteiger partial charge in [0.05, 0.1) is 0 Å². The van der Waals surface area contributed by atoms with E-state index in [9.17, 15) is 4.79 Å². The van der Waals surface area contributed by atoms with Crippen LogP contribution in [-0.2, 0) is 9.53 Å². The lowest BCUT2D eigenvalue weighted by molar-refractivity contribution is -0.158. The van der Waals surface area contributed by atoms with Crippen molar-refractivity contribution in [2.45, 2.75) is 119 Å². The van der Waals surface area contributed by atoms with Crippen LogP contribution >= 0.6 is 0 Å². The van der Waals surface area contributed by atoms with Crippen LogP contribution in [0.2, 0.25) is 0 Å². The monoisotopic (exact) mass is 456 g/mol. The minimum absolute atomic E-state index is 0.107. The fourth-order valence-electron chi connectivity index (χ4n) is 9.35. The lowest BCUT2D eigenvalue weighted by Crippen LogP contribution is -2.53. The Kier molecular flexibility index (Phi) is 7.17. The van der Waals surface area contributed by atoms with Gasteiger partial charge < -0.3 is 4.74 Å². The molecule has 0 amide bonds. The number of hydrogen-bond acceptors (Lipinski definition) is 2. The van der Waals surface area contributed by atoms with E-state index < -0.39 is 0 Å². The molecule has 0 heterocycles. The molecule has 0 aromatic heterocycles. The van der Waals surface area contributed by atoms with Crippen molar-refractivity contribution in [3.8, 4) is 0 Å². The molecule has 188 valence electrons. The zero-order valence-corrected chi connectivity index (χ0v) is 23.0. The second-order valence-electron chi connectivity index (χ2n) is 13.7. The van der Waals surface area contributed by atoms with E-state index in [1.54, 1.807) is 6.92 Å². The Bertz CT molecular complexity index is 752. The zero-order chi connectivity index (χ0) is 24.1. The van der Waals surface area contributed by atoms with Crippen LogP contribution in [0.1, 0.15) is 113 Å². The summed E-state index contributed by atoms with van der Waals surface area (Å²) in [4.78, 5) is 11.7. The van der Waals surface area contributed by atoms with Crippen molar-refractivity contribution in [3.05, 3.63) is 11.6 Å². The van der Waals surface area contributed by atoms with Crippen molar-refractivity contribution in [2.24, 2.45) is 58.2 Å². The van der Waals surface area contributed by atoms with Crippen LogP contribution in [0, 0.1) is 58.2 Å². The van der Waals surface area contributed by atoms with E-state index >= 15 is 0 Å². The first-order valence-electron chi connectivity index (χ1n) is 14.4. The normalized spacial score (nSPS) is 44.3. The standard InChI is InChI=1S/C31H52O2/c1-19(2)20(3)9-10-21(4)25-13-14-27-24-11-12-26-22(5)29(33-23(6)32)16-18-31(26,8)28(24)15-17-30(25,27)7/h11,19-22,25-29H,9-10,12-18H2,1-8H3/t20-,21-,22+,25-,26+,27+,28-,29+,30+,31-/m1/s1. The van der Waals surface area contributed by atoms with Gasteiger partial charge in [0.2, 0.25) is 0 Å². The maximum atomic E-state index is 11.7. The smallest absolute Gasteiger partial charge is 0.302 e. The highest BCUT2D eigenvalue weighted by Gasteiger charge is 2.59. The van der Waals surface area contributed by atoms with Crippen LogP contribution in [0.15, 0.2) is 11.6 Å². The summed E-state index contributed by atoms with van der Waals surface area (Å²) in [6.07, 6.45) is 14.7. The third kappa shape index (κ3) is 4.35. The van der Waals surface area contributed by atoms with Gasteiger partial charge in [0.25, 0.3) is 0 Å². The predicted octanol–water partition coefficient (Wildman–Crippen LogP) is 8.45. The molecule has 4 aliphatic carbocycles. The third-order valence-corrected chi connectivity index (χ3v) is 11.8. The number of ether oxygens (including phenoxy) is 1. The fourth-order valence-corrected chi connectivity index (χ4v) is 9.35. The Balaban J connectivity index is 1.50. The van der Waals surface area contributed by atoms with E-state index in [0.29, 0.717) is 22.7 Å². The molecule has 3 saturated carbocycles. The van der Waals surface area contributed by atoms with Crippen molar-refractivity contribution in [3.63, 3.8) is 0 Å². The van der Waals surface area contributed by atoms with Gasteiger partial charge in [-0.25, -0.2) is 0 Å². The van der Waals surface area contributed by atoms with Crippen molar-refractivity contribution < 1.29 is 9.53 Å². The van der Waals surface area contributed by atoms with E-state index in [2.05, 4.69) is 54.5 Å². The first-order chi connectivity index (χ1) is 15.5. The van der Waals surface area contributed by atoms with Gasteiger partial charge in [0.15, 0.2) is 0 Å². The Hall–Kier alpha value is -0.790. The number of rotatable bonds is 6. The molecule has 0 aliphatic heterocycles. The maximum absolute atomic E-state index is 11.7. The molecule has 0 radical (unpaired) electrons. The van der Waals surface area contributed by atoms with Gasteiger partial charge in [-0.3, -0.25) is 4.79 Å². The summed E-state index contributed by atoms with van der Waals surface area (Å²) < 4.78 is 5.75. The Labute approximate surface area is 204 Å². The molecule has 3 fully saturated rings. The summed E-state index contributed by atoms with van der Waals surface area (Å²) in [7, 11) is 0. The van der Waals surface area contributed by atoms with Crippen molar-refractivity contribution in [2.75, 3.05) is 0 Å². The van der Waals surface area contributed by atoms with E-state index in [-0.39, 0.29) is 12.1 Å². The molecule has 0 N–H and O–H groups in total. The fraction of sp³-hybridized carbons (Fsp3) is 0.903. The van der Waals surface area contributed by atoms with Gasteiger partial charge in [-0.2, -0.15) is 0 Å².